The topological polar surface area (TPSA) is 38.3 Å². The van der Waals surface area contributed by atoms with E-state index in [-0.39, 0.29) is 12.5 Å². The van der Waals surface area contributed by atoms with E-state index in [1.165, 1.54) is 0 Å². The van der Waals surface area contributed by atoms with E-state index in [1.54, 1.807) is 0 Å². The quantitative estimate of drug-likeness (QED) is 0.789. The van der Waals surface area contributed by atoms with Crippen LogP contribution in [-0.2, 0) is 4.79 Å². The van der Waals surface area contributed by atoms with Gasteiger partial charge in [-0.05, 0) is 29.9 Å². The maximum Gasteiger partial charge on any atom is 0.262 e. The second-order valence-corrected chi connectivity index (χ2v) is 3.95. The van der Waals surface area contributed by atoms with Crippen LogP contribution in [0.4, 0.5) is 5.69 Å². The Kier molecular flexibility index (Phi) is 3.51. The van der Waals surface area contributed by atoms with E-state index in [4.69, 9.17) is 4.74 Å². The fourth-order valence-corrected chi connectivity index (χ4v) is 1.64. The molecule has 0 bridgehead atoms. The molecule has 0 aromatic heterocycles. The number of amides is 1. The summed E-state index contributed by atoms with van der Waals surface area (Å²) in [4.78, 5) is 11.1. The van der Waals surface area contributed by atoms with Crippen molar-refractivity contribution in [1.29, 1.82) is 0 Å². The van der Waals surface area contributed by atoms with Crippen LogP contribution in [-0.4, -0.2) is 18.3 Å². The summed E-state index contributed by atoms with van der Waals surface area (Å²) in [5.74, 6) is 1.46. The van der Waals surface area contributed by atoms with E-state index in [2.05, 4.69) is 24.0 Å². The summed E-state index contributed by atoms with van der Waals surface area (Å²) >= 11 is 4.13. The molecule has 0 aliphatic carbocycles. The number of hydrogen-bond donors (Lipinski definition) is 2. The van der Waals surface area contributed by atoms with Gasteiger partial charge in [-0.1, -0.05) is 18.2 Å². The van der Waals surface area contributed by atoms with Crippen molar-refractivity contribution in [3.8, 4) is 5.75 Å². The number of carbonyl (C=O) groups excluding carboxylic acids is 1. The lowest BCUT2D eigenvalue weighted by Crippen LogP contribution is -2.25. The molecule has 0 fully saturated rings. The van der Waals surface area contributed by atoms with Gasteiger partial charge in [-0.15, -0.1) is 0 Å². The van der Waals surface area contributed by atoms with Crippen LogP contribution in [0.25, 0.3) is 6.08 Å². The van der Waals surface area contributed by atoms with Gasteiger partial charge in [-0.3, -0.25) is 4.79 Å². The fraction of sp³-hybridized carbons (Fsp3) is 0.250. The van der Waals surface area contributed by atoms with Crippen molar-refractivity contribution in [3.63, 3.8) is 0 Å². The second kappa shape index (κ2) is 5.07. The van der Waals surface area contributed by atoms with Gasteiger partial charge in [0.2, 0.25) is 0 Å². The van der Waals surface area contributed by atoms with Crippen LogP contribution in [0.1, 0.15) is 12.0 Å². The third-order valence-corrected chi connectivity index (χ3v) is 2.50. The smallest absolute Gasteiger partial charge is 0.262 e. The Hall–Kier alpha value is -1.42. The zero-order valence-corrected chi connectivity index (χ0v) is 9.67. The molecule has 16 heavy (non-hydrogen) atoms. The molecule has 1 heterocycles. The van der Waals surface area contributed by atoms with E-state index >= 15 is 0 Å². The monoisotopic (exact) mass is 235 g/mol. The summed E-state index contributed by atoms with van der Waals surface area (Å²) in [5, 5.41) is 2.75. The van der Waals surface area contributed by atoms with Crippen molar-refractivity contribution in [2.75, 3.05) is 17.7 Å². The summed E-state index contributed by atoms with van der Waals surface area (Å²) in [7, 11) is 0. The lowest BCUT2D eigenvalue weighted by Gasteiger charge is -2.17. The van der Waals surface area contributed by atoms with Crippen molar-refractivity contribution < 1.29 is 9.53 Å². The Morgan fingerprint density at radius 3 is 3.19 bits per heavy atom. The Bertz CT molecular complexity index is 429. The molecular formula is C12H13NO2S. The number of anilines is 1. The number of thiol groups is 1. The third-order valence-electron chi connectivity index (χ3n) is 2.24. The molecule has 1 aromatic carbocycles. The van der Waals surface area contributed by atoms with E-state index < -0.39 is 0 Å². The molecule has 3 nitrogen and oxygen atoms in total. The number of rotatable bonds is 3. The number of benzene rings is 1. The summed E-state index contributed by atoms with van der Waals surface area (Å²) in [6, 6.07) is 5.72. The minimum Gasteiger partial charge on any atom is -0.482 e. The van der Waals surface area contributed by atoms with E-state index in [0.717, 1.165) is 29.2 Å². The number of hydrogen-bond acceptors (Lipinski definition) is 3. The van der Waals surface area contributed by atoms with E-state index in [9.17, 15) is 4.79 Å². The summed E-state index contributed by atoms with van der Waals surface area (Å²) in [5.41, 5.74) is 1.80. The first-order valence-electron chi connectivity index (χ1n) is 5.13. The number of carbonyl (C=O) groups is 1. The van der Waals surface area contributed by atoms with Gasteiger partial charge in [0.05, 0.1) is 5.69 Å². The number of ether oxygens (including phenoxy) is 1. The van der Waals surface area contributed by atoms with Gasteiger partial charge in [-0.25, -0.2) is 0 Å². The van der Waals surface area contributed by atoms with Crippen molar-refractivity contribution in [3.05, 3.63) is 29.8 Å². The van der Waals surface area contributed by atoms with Gasteiger partial charge >= 0.3 is 0 Å². The third kappa shape index (κ3) is 2.58. The standard InChI is InChI=1S/C12H13NO2S/c14-12-8-15-11-7-9(3-1-2-6-16)4-5-10(11)13-12/h1,3-5,7,16H,2,6,8H2,(H,13,14). The van der Waals surface area contributed by atoms with Gasteiger partial charge in [0.1, 0.15) is 5.75 Å². The van der Waals surface area contributed by atoms with Crippen LogP contribution in [0, 0.1) is 0 Å². The molecular weight excluding hydrogens is 222 g/mol. The highest BCUT2D eigenvalue weighted by Crippen LogP contribution is 2.28. The molecule has 1 aliphatic rings. The van der Waals surface area contributed by atoms with Crippen molar-refractivity contribution in [2.45, 2.75) is 6.42 Å². The molecule has 84 valence electrons. The SMILES string of the molecule is O=C1COc2cc(C=CCCS)ccc2N1. The first-order valence-corrected chi connectivity index (χ1v) is 5.77. The molecule has 1 aliphatic heterocycles. The molecule has 0 saturated carbocycles. The largest absolute Gasteiger partial charge is 0.482 e. The Labute approximate surface area is 99.9 Å². The van der Waals surface area contributed by atoms with Gasteiger partial charge in [0, 0.05) is 0 Å². The minimum atomic E-state index is -0.106. The van der Waals surface area contributed by atoms with Crippen LogP contribution in [0.5, 0.6) is 5.75 Å². The molecule has 4 heteroatoms. The molecule has 0 radical (unpaired) electrons. The fourth-order valence-electron chi connectivity index (χ4n) is 1.49. The maximum absolute atomic E-state index is 11.1. The molecule has 0 saturated heterocycles. The summed E-state index contributed by atoms with van der Waals surface area (Å²) in [6.45, 7) is 0.0941. The highest BCUT2D eigenvalue weighted by Gasteiger charge is 2.15. The summed E-state index contributed by atoms with van der Waals surface area (Å²) in [6.07, 6.45) is 5.03. The highest BCUT2D eigenvalue weighted by molar-refractivity contribution is 7.80. The summed E-state index contributed by atoms with van der Waals surface area (Å²) < 4.78 is 5.32. The molecule has 0 unspecified atom stereocenters. The van der Waals surface area contributed by atoms with Crippen LogP contribution in [0.3, 0.4) is 0 Å². The van der Waals surface area contributed by atoms with Crippen molar-refractivity contribution >= 4 is 30.3 Å². The predicted molar refractivity (Wildman–Crippen MR) is 68.1 cm³/mol. The van der Waals surface area contributed by atoms with Crippen LogP contribution in [0.15, 0.2) is 24.3 Å². The highest BCUT2D eigenvalue weighted by atomic mass is 32.1. The molecule has 1 amide bonds. The van der Waals surface area contributed by atoms with Crippen molar-refractivity contribution in [1.82, 2.24) is 0 Å². The van der Waals surface area contributed by atoms with E-state index in [1.807, 2.05) is 24.3 Å². The average Bonchev–Trinajstić information content (AvgIpc) is 2.29. The van der Waals surface area contributed by atoms with Crippen molar-refractivity contribution in [2.24, 2.45) is 0 Å². The number of nitrogens with one attached hydrogen (secondary N) is 1. The minimum absolute atomic E-state index is 0.0941. The number of allylic oxidation sites excluding steroid dienone is 1. The van der Waals surface area contributed by atoms with Crippen LogP contribution >= 0.6 is 12.6 Å². The Morgan fingerprint density at radius 1 is 1.50 bits per heavy atom. The Morgan fingerprint density at radius 2 is 2.38 bits per heavy atom. The average molecular weight is 235 g/mol. The second-order valence-electron chi connectivity index (χ2n) is 3.51. The van der Waals surface area contributed by atoms with E-state index in [0.29, 0.717) is 0 Å². The normalized spacial score (nSPS) is 14.4. The lowest BCUT2D eigenvalue weighted by molar-refractivity contribution is -0.118. The first-order chi connectivity index (χ1) is 7.79. The van der Waals surface area contributed by atoms with Gasteiger partial charge < -0.3 is 10.1 Å². The maximum atomic E-state index is 11.1. The van der Waals surface area contributed by atoms with Gasteiger partial charge in [-0.2, -0.15) is 12.6 Å². The van der Waals surface area contributed by atoms with Crippen LogP contribution < -0.4 is 10.1 Å². The molecule has 0 atom stereocenters. The predicted octanol–water partition coefficient (Wildman–Crippen LogP) is 2.35. The zero-order chi connectivity index (χ0) is 11.4. The van der Waals surface area contributed by atoms with Gasteiger partial charge in [0.25, 0.3) is 5.91 Å². The molecule has 2 rings (SSSR count). The lowest BCUT2D eigenvalue weighted by atomic mass is 10.1. The Balaban J connectivity index is 2.16. The molecule has 1 N–H and O–H groups in total. The molecule has 0 spiro atoms. The van der Waals surface area contributed by atoms with Gasteiger partial charge in [0.15, 0.2) is 6.61 Å². The van der Waals surface area contributed by atoms with Crippen LogP contribution in [0.2, 0.25) is 0 Å². The zero-order valence-electron chi connectivity index (χ0n) is 8.77. The number of fused-ring (bicyclic) bond motifs is 1. The molecule has 1 aromatic rings. The first kappa shape index (κ1) is 11.1.